The van der Waals surface area contributed by atoms with E-state index in [0.29, 0.717) is 5.52 Å². The Balaban J connectivity index is 2.28. The summed E-state index contributed by atoms with van der Waals surface area (Å²) < 4.78 is 0. The molecular weight excluding hydrogens is 232 g/mol. The average Bonchev–Trinajstić information content (AvgIpc) is 2.83. The van der Waals surface area contributed by atoms with Crippen molar-refractivity contribution in [1.82, 2.24) is 15.2 Å². The maximum atomic E-state index is 10.9. The average molecular weight is 240 g/mol. The third-order valence-electron chi connectivity index (χ3n) is 2.73. The van der Waals surface area contributed by atoms with Gasteiger partial charge in [0.25, 0.3) is 5.69 Å². The van der Waals surface area contributed by atoms with Crippen LogP contribution in [0.3, 0.4) is 0 Å². The van der Waals surface area contributed by atoms with E-state index in [9.17, 15) is 10.1 Å². The Kier molecular flexibility index (Phi) is 2.26. The van der Waals surface area contributed by atoms with Crippen LogP contribution in [0.5, 0.6) is 0 Å². The van der Waals surface area contributed by atoms with Crippen molar-refractivity contribution in [1.29, 1.82) is 0 Å². The first kappa shape index (κ1) is 10.4. The summed E-state index contributed by atoms with van der Waals surface area (Å²) >= 11 is 0. The van der Waals surface area contributed by atoms with E-state index in [1.165, 1.54) is 6.07 Å². The van der Waals surface area contributed by atoms with E-state index in [1.807, 2.05) is 18.2 Å². The van der Waals surface area contributed by atoms with Crippen LogP contribution >= 0.6 is 0 Å². The summed E-state index contributed by atoms with van der Waals surface area (Å²) in [5.74, 6) is 0. The van der Waals surface area contributed by atoms with Gasteiger partial charge in [0.15, 0.2) is 5.52 Å². The van der Waals surface area contributed by atoms with Crippen LogP contribution in [0.15, 0.2) is 42.7 Å². The number of nitrogens with zero attached hydrogens (tertiary/aromatic N) is 3. The van der Waals surface area contributed by atoms with Gasteiger partial charge in [0.1, 0.15) is 0 Å². The van der Waals surface area contributed by atoms with Crippen molar-refractivity contribution in [3.63, 3.8) is 0 Å². The van der Waals surface area contributed by atoms with Crippen molar-refractivity contribution in [3.8, 4) is 11.3 Å². The predicted octanol–water partition coefficient (Wildman–Crippen LogP) is 2.53. The molecule has 0 radical (unpaired) electrons. The highest BCUT2D eigenvalue weighted by molar-refractivity contribution is 5.97. The van der Waals surface area contributed by atoms with E-state index in [0.717, 1.165) is 16.6 Å². The number of non-ortho nitro benzene ring substituents is 1. The summed E-state index contributed by atoms with van der Waals surface area (Å²) in [6.45, 7) is 0. The highest BCUT2D eigenvalue weighted by Crippen LogP contribution is 2.30. The lowest BCUT2D eigenvalue weighted by molar-refractivity contribution is -0.383. The quantitative estimate of drug-likeness (QED) is 0.551. The van der Waals surface area contributed by atoms with Crippen LogP contribution in [-0.4, -0.2) is 20.1 Å². The second-order valence-corrected chi connectivity index (χ2v) is 3.76. The summed E-state index contributed by atoms with van der Waals surface area (Å²) in [6, 6.07) is 8.55. The Morgan fingerprint density at radius 1 is 1.17 bits per heavy atom. The zero-order valence-corrected chi connectivity index (χ0v) is 9.20. The van der Waals surface area contributed by atoms with E-state index >= 15 is 0 Å². The first-order valence-corrected chi connectivity index (χ1v) is 5.29. The molecule has 2 aromatic heterocycles. The van der Waals surface area contributed by atoms with Crippen LogP contribution in [0.1, 0.15) is 0 Å². The minimum atomic E-state index is -0.431. The number of benzene rings is 1. The first-order valence-electron chi connectivity index (χ1n) is 5.29. The van der Waals surface area contributed by atoms with Gasteiger partial charge in [-0.05, 0) is 12.1 Å². The third-order valence-corrected chi connectivity index (χ3v) is 2.73. The number of pyridine rings is 1. The van der Waals surface area contributed by atoms with Gasteiger partial charge < -0.3 is 0 Å². The monoisotopic (exact) mass is 240 g/mol. The Bertz CT molecular complexity index is 721. The van der Waals surface area contributed by atoms with Crippen LogP contribution in [0, 0.1) is 10.1 Å². The molecule has 0 bridgehead atoms. The second kappa shape index (κ2) is 3.92. The fourth-order valence-electron chi connectivity index (χ4n) is 1.91. The Morgan fingerprint density at radius 3 is 2.67 bits per heavy atom. The maximum absolute atomic E-state index is 10.9. The van der Waals surface area contributed by atoms with Crippen LogP contribution in [0.25, 0.3) is 22.2 Å². The van der Waals surface area contributed by atoms with Crippen molar-refractivity contribution in [2.45, 2.75) is 0 Å². The molecule has 0 aliphatic rings. The van der Waals surface area contributed by atoms with Gasteiger partial charge in [-0.15, -0.1) is 0 Å². The zero-order valence-electron chi connectivity index (χ0n) is 9.20. The van der Waals surface area contributed by atoms with E-state index in [-0.39, 0.29) is 5.69 Å². The number of aromatic amines is 1. The number of hydrogen-bond acceptors (Lipinski definition) is 4. The van der Waals surface area contributed by atoms with Crippen molar-refractivity contribution in [3.05, 3.63) is 52.8 Å². The molecule has 6 heteroatoms. The number of nitrogens with one attached hydrogen (secondary N) is 1. The molecule has 0 amide bonds. The zero-order chi connectivity index (χ0) is 12.5. The maximum Gasteiger partial charge on any atom is 0.297 e. The smallest absolute Gasteiger partial charge is 0.276 e. The van der Waals surface area contributed by atoms with Gasteiger partial charge in [0.05, 0.1) is 10.6 Å². The van der Waals surface area contributed by atoms with E-state index in [4.69, 9.17) is 0 Å². The number of rotatable bonds is 2. The second-order valence-electron chi connectivity index (χ2n) is 3.76. The lowest BCUT2D eigenvalue weighted by Gasteiger charge is -1.97. The van der Waals surface area contributed by atoms with Crippen LogP contribution < -0.4 is 0 Å². The molecule has 0 aliphatic carbocycles. The molecule has 0 aliphatic heterocycles. The van der Waals surface area contributed by atoms with Gasteiger partial charge in [0, 0.05) is 29.4 Å². The normalized spacial score (nSPS) is 10.7. The number of hydrogen-bond donors (Lipinski definition) is 1. The number of fused-ring (bicyclic) bond motifs is 1. The van der Waals surface area contributed by atoms with Gasteiger partial charge in [0.2, 0.25) is 0 Å². The van der Waals surface area contributed by atoms with Gasteiger partial charge in [-0.3, -0.25) is 20.2 Å². The molecule has 18 heavy (non-hydrogen) atoms. The standard InChI is InChI=1S/C12H8N4O2/c17-16(18)10-3-1-2-9-11(14-15-12(9)10)8-4-6-13-7-5-8/h1-7H,(H,14,15). The highest BCUT2D eigenvalue weighted by atomic mass is 16.6. The van der Waals surface area contributed by atoms with Crippen molar-refractivity contribution in [2.24, 2.45) is 0 Å². The number of aromatic nitrogens is 3. The van der Waals surface area contributed by atoms with Crippen LogP contribution in [0.2, 0.25) is 0 Å². The molecule has 6 nitrogen and oxygen atoms in total. The number of nitro groups is 1. The third kappa shape index (κ3) is 1.51. The van der Waals surface area contributed by atoms with E-state index in [1.54, 1.807) is 18.5 Å². The highest BCUT2D eigenvalue weighted by Gasteiger charge is 2.17. The Hall–Kier alpha value is -2.76. The topological polar surface area (TPSA) is 84.7 Å². The Labute approximate surface area is 101 Å². The number of nitro benzene ring substituents is 1. The van der Waals surface area contributed by atoms with E-state index < -0.39 is 4.92 Å². The number of H-pyrrole nitrogens is 1. The largest absolute Gasteiger partial charge is 0.297 e. The molecule has 88 valence electrons. The minimum Gasteiger partial charge on any atom is -0.276 e. The molecule has 0 atom stereocenters. The molecule has 3 rings (SSSR count). The van der Waals surface area contributed by atoms with Gasteiger partial charge in [-0.1, -0.05) is 12.1 Å². The Morgan fingerprint density at radius 2 is 1.94 bits per heavy atom. The van der Waals surface area contributed by atoms with Crippen LogP contribution in [-0.2, 0) is 0 Å². The lowest BCUT2D eigenvalue weighted by Crippen LogP contribution is -1.88. The fraction of sp³-hybridized carbons (Fsp3) is 0. The summed E-state index contributed by atoms with van der Waals surface area (Å²) in [4.78, 5) is 14.4. The van der Waals surface area contributed by atoms with Crippen LogP contribution in [0.4, 0.5) is 5.69 Å². The summed E-state index contributed by atoms with van der Waals surface area (Å²) in [7, 11) is 0. The van der Waals surface area contributed by atoms with Crippen molar-refractivity contribution < 1.29 is 4.92 Å². The molecule has 0 saturated carbocycles. The summed E-state index contributed by atoms with van der Waals surface area (Å²) in [5.41, 5.74) is 2.03. The molecule has 2 heterocycles. The fourth-order valence-corrected chi connectivity index (χ4v) is 1.91. The van der Waals surface area contributed by atoms with Crippen molar-refractivity contribution in [2.75, 3.05) is 0 Å². The molecule has 1 aromatic carbocycles. The molecule has 0 spiro atoms. The summed E-state index contributed by atoms with van der Waals surface area (Å²) in [5, 5.41) is 18.5. The lowest BCUT2D eigenvalue weighted by atomic mass is 10.1. The summed E-state index contributed by atoms with van der Waals surface area (Å²) in [6.07, 6.45) is 3.33. The van der Waals surface area contributed by atoms with E-state index in [2.05, 4.69) is 15.2 Å². The SMILES string of the molecule is O=[N+]([O-])c1cccc2c(-c3ccncc3)[nH]nc12. The molecular formula is C12H8N4O2. The van der Waals surface area contributed by atoms with Gasteiger partial charge in [-0.2, -0.15) is 5.10 Å². The molecule has 3 aromatic rings. The molecule has 0 unspecified atom stereocenters. The van der Waals surface area contributed by atoms with Crippen molar-refractivity contribution >= 4 is 16.6 Å². The molecule has 1 N–H and O–H groups in total. The predicted molar refractivity (Wildman–Crippen MR) is 66.0 cm³/mol. The first-order chi connectivity index (χ1) is 8.77. The van der Waals surface area contributed by atoms with Gasteiger partial charge >= 0.3 is 0 Å². The molecule has 0 saturated heterocycles. The van der Waals surface area contributed by atoms with Gasteiger partial charge in [-0.25, -0.2) is 0 Å². The minimum absolute atomic E-state index is 0.00376. The molecule has 0 fully saturated rings. The number of para-hydroxylation sites is 1.